The van der Waals surface area contributed by atoms with E-state index in [1.54, 1.807) is 30.3 Å². The van der Waals surface area contributed by atoms with Gasteiger partial charge in [0.2, 0.25) is 5.91 Å². The highest BCUT2D eigenvalue weighted by Crippen LogP contribution is 2.24. The smallest absolute Gasteiger partial charge is 0.233 e. The Bertz CT molecular complexity index is 849. The molecule has 4 nitrogen and oxygen atoms in total. The first-order valence-electron chi connectivity index (χ1n) is 7.45. The summed E-state index contributed by atoms with van der Waals surface area (Å²) in [5, 5.41) is 10.9. The summed E-state index contributed by atoms with van der Waals surface area (Å²) in [6.45, 7) is 0.445. The topological polar surface area (TPSA) is 46.1 Å². The molecule has 1 heterocycles. The van der Waals surface area contributed by atoms with Gasteiger partial charge >= 0.3 is 0 Å². The number of hydrogen-bond donors (Lipinski definition) is 0. The Morgan fingerprint density at radius 3 is 2.71 bits per heavy atom. The molecule has 3 rings (SSSR count). The first-order valence-corrected chi connectivity index (χ1v) is 8.43. The van der Waals surface area contributed by atoms with Crippen LogP contribution in [0.5, 0.6) is 0 Å². The maximum Gasteiger partial charge on any atom is 0.233 e. The lowest BCUT2D eigenvalue weighted by atomic mass is 10.2. The molecule has 0 fully saturated rings. The van der Waals surface area contributed by atoms with Crippen molar-refractivity contribution in [1.29, 1.82) is 0 Å². The number of halogens is 1. The van der Waals surface area contributed by atoms with E-state index in [9.17, 15) is 9.18 Å². The predicted molar refractivity (Wildman–Crippen MR) is 93.1 cm³/mol. The van der Waals surface area contributed by atoms with Crippen molar-refractivity contribution in [3.63, 3.8) is 0 Å². The Morgan fingerprint density at radius 1 is 1.17 bits per heavy atom. The second-order valence-corrected chi connectivity index (χ2v) is 6.37. The number of rotatable bonds is 5. The molecule has 0 N–H and O–H groups in total. The van der Waals surface area contributed by atoms with Gasteiger partial charge in [-0.2, -0.15) is 5.10 Å². The zero-order valence-electron chi connectivity index (χ0n) is 13.1. The van der Waals surface area contributed by atoms with Crippen molar-refractivity contribution >= 4 is 28.4 Å². The summed E-state index contributed by atoms with van der Waals surface area (Å²) in [6, 6.07) is 14.0. The van der Waals surface area contributed by atoms with Gasteiger partial charge in [0.1, 0.15) is 10.8 Å². The number of amides is 1. The van der Waals surface area contributed by atoms with Crippen LogP contribution < -0.4 is 0 Å². The number of thioether (sulfide) groups is 1. The van der Waals surface area contributed by atoms with Crippen LogP contribution in [-0.4, -0.2) is 33.8 Å². The molecule has 2 aromatic carbocycles. The fourth-order valence-corrected chi connectivity index (χ4v) is 3.23. The SMILES string of the molecule is CN(Cc1ccc(F)cc1)C(=O)CSc1nncc2ccccc12. The summed E-state index contributed by atoms with van der Waals surface area (Å²) in [5.41, 5.74) is 0.891. The number of nitrogens with zero attached hydrogens (tertiary/aromatic N) is 3. The van der Waals surface area contributed by atoms with Crippen LogP contribution in [0.4, 0.5) is 4.39 Å². The molecule has 0 aliphatic carbocycles. The number of fused-ring (bicyclic) bond motifs is 1. The van der Waals surface area contributed by atoms with E-state index >= 15 is 0 Å². The molecular formula is C18H16FN3OS. The lowest BCUT2D eigenvalue weighted by Gasteiger charge is -2.17. The van der Waals surface area contributed by atoms with Gasteiger partial charge in [0.25, 0.3) is 0 Å². The molecule has 0 bridgehead atoms. The van der Waals surface area contributed by atoms with Crippen LogP contribution in [0.2, 0.25) is 0 Å². The molecule has 0 spiro atoms. The maximum absolute atomic E-state index is 12.9. The normalized spacial score (nSPS) is 10.8. The fraction of sp³-hybridized carbons (Fsp3) is 0.167. The molecule has 24 heavy (non-hydrogen) atoms. The minimum atomic E-state index is -0.280. The van der Waals surface area contributed by atoms with Crippen LogP contribution in [0.15, 0.2) is 59.8 Å². The average molecular weight is 341 g/mol. The zero-order chi connectivity index (χ0) is 16.9. The third-order valence-electron chi connectivity index (χ3n) is 3.63. The number of carbonyl (C=O) groups excluding carboxylic acids is 1. The van der Waals surface area contributed by atoms with Crippen LogP contribution in [0, 0.1) is 5.82 Å². The predicted octanol–water partition coefficient (Wildman–Crippen LogP) is 3.52. The van der Waals surface area contributed by atoms with Gasteiger partial charge in [-0.25, -0.2) is 4.39 Å². The average Bonchev–Trinajstić information content (AvgIpc) is 2.61. The highest BCUT2D eigenvalue weighted by Gasteiger charge is 2.12. The lowest BCUT2D eigenvalue weighted by Crippen LogP contribution is -2.27. The fourth-order valence-electron chi connectivity index (χ4n) is 2.30. The van der Waals surface area contributed by atoms with Crippen LogP contribution in [0.1, 0.15) is 5.56 Å². The standard InChI is InChI=1S/C18H16FN3OS/c1-22(11-13-6-8-15(19)9-7-13)17(23)12-24-18-16-5-3-2-4-14(16)10-20-21-18/h2-10H,11-12H2,1H3. The van der Waals surface area contributed by atoms with Gasteiger partial charge < -0.3 is 4.90 Å². The summed E-state index contributed by atoms with van der Waals surface area (Å²) in [5.74, 6) is -0.0164. The first kappa shape index (κ1) is 16.4. The first-order chi connectivity index (χ1) is 11.6. The quantitative estimate of drug-likeness (QED) is 0.666. The van der Waals surface area contributed by atoms with Gasteiger partial charge in [0.05, 0.1) is 11.9 Å². The third kappa shape index (κ3) is 3.89. The number of aromatic nitrogens is 2. The molecule has 1 amide bonds. The number of carbonyl (C=O) groups is 1. The Kier molecular flexibility index (Phi) is 5.05. The molecule has 122 valence electrons. The lowest BCUT2D eigenvalue weighted by molar-refractivity contribution is -0.127. The van der Waals surface area contributed by atoms with Gasteiger partial charge in [-0.3, -0.25) is 4.79 Å². The van der Waals surface area contributed by atoms with Crippen LogP contribution in [0.25, 0.3) is 10.8 Å². The molecule has 6 heteroatoms. The number of hydrogen-bond acceptors (Lipinski definition) is 4. The van der Waals surface area contributed by atoms with E-state index < -0.39 is 0 Å². The van der Waals surface area contributed by atoms with Gasteiger partial charge in [0, 0.05) is 24.4 Å². The van der Waals surface area contributed by atoms with Crippen molar-refractivity contribution < 1.29 is 9.18 Å². The molecule has 3 aromatic rings. The molecule has 0 radical (unpaired) electrons. The molecule has 0 aliphatic rings. The Morgan fingerprint density at radius 2 is 1.92 bits per heavy atom. The van der Waals surface area contributed by atoms with Gasteiger partial charge in [-0.15, -0.1) is 5.10 Å². The third-order valence-corrected chi connectivity index (χ3v) is 4.59. The van der Waals surface area contributed by atoms with E-state index in [1.165, 1.54) is 23.9 Å². The molecular weight excluding hydrogens is 325 g/mol. The maximum atomic E-state index is 12.9. The second-order valence-electron chi connectivity index (χ2n) is 5.40. The van der Waals surface area contributed by atoms with Crippen LogP contribution >= 0.6 is 11.8 Å². The molecule has 0 saturated carbocycles. The van der Waals surface area contributed by atoms with E-state index in [4.69, 9.17) is 0 Å². The Balaban J connectivity index is 1.63. The van der Waals surface area contributed by atoms with Crippen molar-refractivity contribution in [2.45, 2.75) is 11.6 Å². The van der Waals surface area contributed by atoms with Gasteiger partial charge in [-0.1, -0.05) is 48.2 Å². The second kappa shape index (κ2) is 7.40. The van der Waals surface area contributed by atoms with Gasteiger partial charge in [-0.05, 0) is 17.7 Å². The monoisotopic (exact) mass is 341 g/mol. The van der Waals surface area contributed by atoms with Crippen LogP contribution in [0.3, 0.4) is 0 Å². The summed E-state index contributed by atoms with van der Waals surface area (Å²) < 4.78 is 12.9. The van der Waals surface area contributed by atoms with Crippen molar-refractivity contribution in [1.82, 2.24) is 15.1 Å². The van der Waals surface area contributed by atoms with Crippen molar-refractivity contribution in [2.24, 2.45) is 0 Å². The Labute approximate surface area is 143 Å². The highest BCUT2D eigenvalue weighted by atomic mass is 32.2. The summed E-state index contributed by atoms with van der Waals surface area (Å²) in [7, 11) is 1.74. The molecule has 0 saturated heterocycles. The minimum Gasteiger partial charge on any atom is -0.341 e. The van der Waals surface area contributed by atoms with Crippen LogP contribution in [-0.2, 0) is 11.3 Å². The van der Waals surface area contributed by atoms with E-state index in [0.717, 1.165) is 21.4 Å². The summed E-state index contributed by atoms with van der Waals surface area (Å²) >= 11 is 1.37. The molecule has 0 unspecified atom stereocenters. The number of benzene rings is 2. The van der Waals surface area contributed by atoms with Gasteiger partial charge in [0.15, 0.2) is 0 Å². The van der Waals surface area contributed by atoms with Crippen molar-refractivity contribution in [2.75, 3.05) is 12.8 Å². The molecule has 0 aliphatic heterocycles. The van der Waals surface area contributed by atoms with E-state index in [0.29, 0.717) is 6.54 Å². The van der Waals surface area contributed by atoms with Crippen molar-refractivity contribution in [3.05, 3.63) is 66.1 Å². The molecule has 1 aromatic heterocycles. The highest BCUT2D eigenvalue weighted by molar-refractivity contribution is 8.00. The van der Waals surface area contributed by atoms with E-state index in [2.05, 4.69) is 10.2 Å². The Hall–Kier alpha value is -2.47. The van der Waals surface area contributed by atoms with Crippen molar-refractivity contribution in [3.8, 4) is 0 Å². The van der Waals surface area contributed by atoms with E-state index in [-0.39, 0.29) is 17.5 Å². The summed E-state index contributed by atoms with van der Waals surface area (Å²) in [4.78, 5) is 13.9. The molecule has 0 atom stereocenters. The van der Waals surface area contributed by atoms with E-state index in [1.807, 2.05) is 24.3 Å². The summed E-state index contributed by atoms with van der Waals surface area (Å²) in [6.07, 6.45) is 1.71. The largest absolute Gasteiger partial charge is 0.341 e. The zero-order valence-corrected chi connectivity index (χ0v) is 14.0. The minimum absolute atomic E-state index is 0.0148.